The zero-order valence-corrected chi connectivity index (χ0v) is 20.1. The summed E-state index contributed by atoms with van der Waals surface area (Å²) in [7, 11) is 1.50. The van der Waals surface area contributed by atoms with Gasteiger partial charge in [0, 0.05) is 47.8 Å². The predicted molar refractivity (Wildman–Crippen MR) is 135 cm³/mol. The molecule has 0 amide bonds. The van der Waals surface area contributed by atoms with Gasteiger partial charge in [-0.25, -0.2) is 4.39 Å². The van der Waals surface area contributed by atoms with Crippen LogP contribution < -0.4 is 15.0 Å². The second-order valence-electron chi connectivity index (χ2n) is 8.60. The molecule has 3 heterocycles. The van der Waals surface area contributed by atoms with E-state index < -0.39 is 5.82 Å². The first kappa shape index (κ1) is 22.7. The van der Waals surface area contributed by atoms with Crippen LogP contribution in [0.25, 0.3) is 32.9 Å². The number of fused-ring (bicyclic) bond motifs is 2. The van der Waals surface area contributed by atoms with Gasteiger partial charge in [-0.05, 0) is 17.9 Å². The number of nitrogens with one attached hydrogen (secondary N) is 1. The van der Waals surface area contributed by atoms with Gasteiger partial charge in [0.25, 0.3) is 0 Å². The summed E-state index contributed by atoms with van der Waals surface area (Å²) >= 11 is 6.50. The highest BCUT2D eigenvalue weighted by Crippen LogP contribution is 2.37. The molecule has 2 aromatic carbocycles. The summed E-state index contributed by atoms with van der Waals surface area (Å²) in [6.45, 7) is 4.58. The lowest BCUT2D eigenvalue weighted by Gasteiger charge is -2.35. The fraction of sp³-hybridized carbons (Fsp3) is 0.346. The molecule has 1 fully saturated rings. The third-order valence-corrected chi connectivity index (χ3v) is 6.71. The molecule has 1 N–H and O–H groups in total. The van der Waals surface area contributed by atoms with E-state index in [0.29, 0.717) is 27.8 Å². The van der Waals surface area contributed by atoms with Crippen molar-refractivity contribution in [2.24, 2.45) is 0 Å². The zero-order chi connectivity index (χ0) is 23.7. The van der Waals surface area contributed by atoms with Crippen molar-refractivity contribution in [3.63, 3.8) is 0 Å². The SMILES string of the molecule is CCCCC1CN(c2nc(OC)nc3c(F)c(-c4cccc5cccc(Cl)c45)ncc23)CCN1. The Labute approximate surface area is 203 Å². The number of nitrogens with zero attached hydrogens (tertiary/aromatic N) is 4. The highest BCUT2D eigenvalue weighted by Gasteiger charge is 2.25. The van der Waals surface area contributed by atoms with Crippen molar-refractivity contribution in [3.8, 4) is 17.3 Å². The monoisotopic (exact) mass is 479 g/mol. The van der Waals surface area contributed by atoms with Gasteiger partial charge in [-0.3, -0.25) is 4.98 Å². The van der Waals surface area contributed by atoms with Crippen molar-refractivity contribution >= 4 is 39.1 Å². The van der Waals surface area contributed by atoms with E-state index >= 15 is 4.39 Å². The smallest absolute Gasteiger partial charge is 0.318 e. The Bertz CT molecular complexity index is 1340. The normalized spacial score (nSPS) is 16.4. The standard InChI is InChI=1S/C26H27ClFN5O/c1-3-4-9-17-15-33(13-12-29-17)25-19-14-30-23(22(28)24(19)31-26(32-25)34-2)18-10-5-7-16-8-6-11-20(27)21(16)18/h5-8,10-11,14,17,29H,3-4,9,12-13,15H2,1-2H3. The quantitative estimate of drug-likeness (QED) is 0.387. The molecule has 176 valence electrons. The minimum atomic E-state index is -0.510. The molecule has 0 spiro atoms. The largest absolute Gasteiger partial charge is 0.467 e. The summed E-state index contributed by atoms with van der Waals surface area (Å²) in [5, 5.41) is 6.39. The fourth-order valence-electron chi connectivity index (χ4n) is 4.70. The van der Waals surface area contributed by atoms with Crippen LogP contribution in [0.3, 0.4) is 0 Å². The van der Waals surface area contributed by atoms with Crippen LogP contribution in [0.4, 0.5) is 10.2 Å². The number of benzene rings is 2. The van der Waals surface area contributed by atoms with Crippen LogP contribution in [-0.2, 0) is 0 Å². The van der Waals surface area contributed by atoms with E-state index in [1.807, 2.05) is 30.3 Å². The second-order valence-corrected chi connectivity index (χ2v) is 9.01. The van der Waals surface area contributed by atoms with Crippen molar-refractivity contribution in [2.75, 3.05) is 31.6 Å². The van der Waals surface area contributed by atoms with Gasteiger partial charge in [0.2, 0.25) is 0 Å². The number of hydrogen-bond donors (Lipinski definition) is 1. The summed E-state index contributed by atoms with van der Waals surface area (Å²) < 4.78 is 21.4. The molecule has 8 heteroatoms. The number of aromatic nitrogens is 3. The highest BCUT2D eigenvalue weighted by atomic mass is 35.5. The molecular formula is C26H27ClFN5O. The molecule has 5 rings (SSSR count). The van der Waals surface area contributed by atoms with Gasteiger partial charge >= 0.3 is 6.01 Å². The van der Waals surface area contributed by atoms with E-state index in [-0.39, 0.29) is 17.2 Å². The molecule has 0 bridgehead atoms. The molecule has 6 nitrogen and oxygen atoms in total. The van der Waals surface area contributed by atoms with Gasteiger partial charge in [0.05, 0.1) is 12.5 Å². The first-order valence-electron chi connectivity index (χ1n) is 11.7. The lowest BCUT2D eigenvalue weighted by atomic mass is 10.0. The lowest BCUT2D eigenvalue weighted by Crippen LogP contribution is -2.51. The Hall–Kier alpha value is -3.03. The minimum absolute atomic E-state index is 0.137. The molecule has 1 aliphatic rings. The summed E-state index contributed by atoms with van der Waals surface area (Å²) in [5.41, 5.74) is 1.03. The van der Waals surface area contributed by atoms with E-state index in [9.17, 15) is 0 Å². The van der Waals surface area contributed by atoms with Crippen LogP contribution >= 0.6 is 11.6 Å². The molecule has 34 heavy (non-hydrogen) atoms. The summed E-state index contributed by atoms with van der Waals surface area (Å²) in [6.07, 6.45) is 5.07. The van der Waals surface area contributed by atoms with Crippen molar-refractivity contribution in [1.29, 1.82) is 0 Å². The van der Waals surface area contributed by atoms with Crippen molar-refractivity contribution < 1.29 is 9.13 Å². The number of unbranched alkanes of at least 4 members (excludes halogenated alkanes) is 1. The molecule has 0 saturated carbocycles. The maximum Gasteiger partial charge on any atom is 0.318 e. The first-order chi connectivity index (χ1) is 16.6. The number of methoxy groups -OCH3 is 1. The maximum atomic E-state index is 16.0. The van der Waals surface area contributed by atoms with E-state index in [1.54, 1.807) is 12.3 Å². The van der Waals surface area contributed by atoms with Crippen molar-refractivity contribution in [3.05, 3.63) is 53.4 Å². The van der Waals surface area contributed by atoms with E-state index in [4.69, 9.17) is 16.3 Å². The van der Waals surface area contributed by atoms with E-state index in [2.05, 4.69) is 32.1 Å². The molecule has 0 radical (unpaired) electrons. The lowest BCUT2D eigenvalue weighted by molar-refractivity contribution is 0.379. The number of rotatable bonds is 6. The highest BCUT2D eigenvalue weighted by molar-refractivity contribution is 6.36. The van der Waals surface area contributed by atoms with Gasteiger partial charge in [-0.15, -0.1) is 0 Å². The molecular weight excluding hydrogens is 453 g/mol. The van der Waals surface area contributed by atoms with Gasteiger partial charge in [0.1, 0.15) is 17.0 Å². The zero-order valence-electron chi connectivity index (χ0n) is 19.3. The van der Waals surface area contributed by atoms with Gasteiger partial charge in [0.15, 0.2) is 5.82 Å². The number of hydrogen-bond acceptors (Lipinski definition) is 6. The Kier molecular flexibility index (Phi) is 6.48. The second kappa shape index (κ2) is 9.68. The average Bonchev–Trinajstić information content (AvgIpc) is 2.87. The molecule has 1 saturated heterocycles. The van der Waals surface area contributed by atoms with Crippen LogP contribution in [-0.4, -0.2) is 47.7 Å². The van der Waals surface area contributed by atoms with Crippen molar-refractivity contribution in [1.82, 2.24) is 20.3 Å². The summed E-state index contributed by atoms with van der Waals surface area (Å²) in [5.74, 6) is 0.142. The average molecular weight is 480 g/mol. The van der Waals surface area contributed by atoms with E-state index in [1.165, 1.54) is 7.11 Å². The maximum absolute atomic E-state index is 16.0. The molecule has 1 unspecified atom stereocenters. The Morgan fingerprint density at radius 2 is 2.03 bits per heavy atom. The third-order valence-electron chi connectivity index (χ3n) is 6.40. The predicted octanol–water partition coefficient (Wildman–Crippen LogP) is 5.61. The molecule has 1 atom stereocenters. The van der Waals surface area contributed by atoms with E-state index in [0.717, 1.165) is 49.7 Å². The van der Waals surface area contributed by atoms with Gasteiger partial charge in [-0.1, -0.05) is 61.7 Å². The number of piperazine rings is 1. The number of anilines is 1. The first-order valence-corrected chi connectivity index (χ1v) is 12.0. The van der Waals surface area contributed by atoms with Gasteiger partial charge < -0.3 is 15.0 Å². The topological polar surface area (TPSA) is 63.2 Å². The number of pyridine rings is 1. The van der Waals surface area contributed by atoms with Gasteiger partial charge in [-0.2, -0.15) is 9.97 Å². The fourth-order valence-corrected chi connectivity index (χ4v) is 4.98. The van der Waals surface area contributed by atoms with Crippen LogP contribution in [0, 0.1) is 5.82 Å². The van der Waals surface area contributed by atoms with Crippen LogP contribution in [0.15, 0.2) is 42.6 Å². The Morgan fingerprint density at radius 3 is 2.82 bits per heavy atom. The number of ether oxygens (including phenoxy) is 1. The van der Waals surface area contributed by atoms with Crippen LogP contribution in [0.2, 0.25) is 5.02 Å². The van der Waals surface area contributed by atoms with Crippen LogP contribution in [0.1, 0.15) is 26.2 Å². The van der Waals surface area contributed by atoms with Crippen molar-refractivity contribution in [2.45, 2.75) is 32.2 Å². The number of halogens is 2. The Balaban J connectivity index is 1.64. The summed E-state index contributed by atoms with van der Waals surface area (Å²) in [4.78, 5) is 15.7. The van der Waals surface area contributed by atoms with Crippen LogP contribution in [0.5, 0.6) is 6.01 Å². The molecule has 4 aromatic rings. The molecule has 1 aliphatic heterocycles. The minimum Gasteiger partial charge on any atom is -0.467 e. The molecule has 2 aromatic heterocycles. The third kappa shape index (κ3) is 4.14. The Morgan fingerprint density at radius 1 is 1.21 bits per heavy atom. The summed E-state index contributed by atoms with van der Waals surface area (Å²) in [6, 6.07) is 11.8. The molecule has 0 aliphatic carbocycles.